The van der Waals surface area contributed by atoms with Gasteiger partial charge in [-0.25, -0.2) is 9.97 Å². The lowest BCUT2D eigenvalue weighted by molar-refractivity contribution is -0.135. The molecule has 0 unspecified atom stereocenters. The highest BCUT2D eigenvalue weighted by molar-refractivity contribution is 5.76. The Morgan fingerprint density at radius 1 is 1.04 bits per heavy atom. The summed E-state index contributed by atoms with van der Waals surface area (Å²) in [5, 5.41) is 0. The van der Waals surface area contributed by atoms with Crippen LogP contribution >= 0.6 is 0 Å². The second-order valence-corrected chi connectivity index (χ2v) is 6.77. The van der Waals surface area contributed by atoms with Crippen LogP contribution in [0.3, 0.4) is 0 Å². The van der Waals surface area contributed by atoms with Crippen LogP contribution in [0.5, 0.6) is 0 Å². The van der Waals surface area contributed by atoms with Crippen molar-refractivity contribution in [2.45, 2.75) is 31.8 Å². The lowest BCUT2D eigenvalue weighted by Crippen LogP contribution is -2.47. The minimum Gasteiger partial charge on any atom is -0.354 e. The second kappa shape index (κ2) is 6.63. The minimum absolute atomic E-state index is 0.272. The first kappa shape index (κ1) is 15.2. The van der Waals surface area contributed by atoms with Gasteiger partial charge in [-0.15, -0.1) is 0 Å². The van der Waals surface area contributed by atoms with Gasteiger partial charge in [0.1, 0.15) is 0 Å². The fourth-order valence-corrected chi connectivity index (χ4v) is 3.89. The summed E-state index contributed by atoms with van der Waals surface area (Å²) in [4.78, 5) is 25.9. The molecular formula is C18H23N5O. The number of nitrogens with zero attached hydrogens (tertiary/aromatic N) is 5. The van der Waals surface area contributed by atoms with E-state index in [1.165, 1.54) is 6.42 Å². The highest BCUT2D eigenvalue weighted by Crippen LogP contribution is 2.29. The Bertz CT molecular complexity index is 672. The lowest BCUT2D eigenvalue weighted by atomic mass is 9.94. The van der Waals surface area contributed by atoms with Crippen LogP contribution in [0.25, 0.3) is 0 Å². The molecular weight excluding hydrogens is 302 g/mol. The Morgan fingerprint density at radius 2 is 1.83 bits per heavy atom. The lowest BCUT2D eigenvalue weighted by Gasteiger charge is -2.36. The number of amides is 1. The molecule has 2 atom stereocenters. The van der Waals surface area contributed by atoms with Gasteiger partial charge in [-0.05, 0) is 37.0 Å². The van der Waals surface area contributed by atoms with E-state index in [4.69, 9.17) is 0 Å². The molecule has 6 nitrogen and oxygen atoms in total. The molecule has 0 radical (unpaired) electrons. The minimum atomic E-state index is 0.272. The Hall–Kier alpha value is -2.37. The van der Waals surface area contributed by atoms with Crippen molar-refractivity contribution in [3.8, 4) is 0 Å². The molecule has 2 aromatic rings. The van der Waals surface area contributed by atoms with Gasteiger partial charge in [-0.2, -0.15) is 0 Å². The van der Waals surface area contributed by atoms with E-state index >= 15 is 0 Å². The highest BCUT2D eigenvalue weighted by atomic mass is 16.2. The average molecular weight is 325 g/mol. The third kappa shape index (κ3) is 3.13. The number of aromatic nitrogens is 3. The smallest absolute Gasteiger partial charge is 0.225 e. The van der Waals surface area contributed by atoms with E-state index in [0.717, 1.165) is 38.5 Å². The summed E-state index contributed by atoms with van der Waals surface area (Å²) in [6, 6.07) is 6.11. The van der Waals surface area contributed by atoms with Gasteiger partial charge in [0, 0.05) is 63.4 Å². The first-order chi connectivity index (χ1) is 11.8. The van der Waals surface area contributed by atoms with E-state index in [2.05, 4.69) is 24.3 Å². The summed E-state index contributed by atoms with van der Waals surface area (Å²) >= 11 is 0. The van der Waals surface area contributed by atoms with E-state index in [1.807, 2.05) is 30.6 Å². The van der Waals surface area contributed by atoms with Crippen LogP contribution in [-0.4, -0.2) is 51.0 Å². The summed E-state index contributed by atoms with van der Waals surface area (Å²) in [6.45, 7) is 3.42. The summed E-state index contributed by atoms with van der Waals surface area (Å²) < 4.78 is 2.07. The monoisotopic (exact) mass is 325 g/mol. The van der Waals surface area contributed by atoms with Crippen molar-refractivity contribution >= 4 is 11.9 Å². The highest BCUT2D eigenvalue weighted by Gasteiger charge is 2.37. The van der Waals surface area contributed by atoms with Crippen molar-refractivity contribution in [1.29, 1.82) is 0 Å². The normalized spacial score (nSPS) is 23.3. The fourth-order valence-electron chi connectivity index (χ4n) is 3.89. The van der Waals surface area contributed by atoms with Gasteiger partial charge < -0.3 is 14.4 Å². The largest absolute Gasteiger partial charge is 0.354 e. The third-order valence-corrected chi connectivity index (χ3v) is 5.12. The zero-order chi connectivity index (χ0) is 16.4. The molecule has 5 heterocycles. The van der Waals surface area contributed by atoms with Gasteiger partial charge in [0.2, 0.25) is 11.9 Å². The zero-order valence-electron chi connectivity index (χ0n) is 13.8. The number of aryl methyl sites for hydroxylation is 1. The Labute approximate surface area is 142 Å². The summed E-state index contributed by atoms with van der Waals surface area (Å²) in [7, 11) is 0. The number of anilines is 1. The molecule has 24 heavy (non-hydrogen) atoms. The predicted octanol–water partition coefficient (Wildman–Crippen LogP) is 1.80. The van der Waals surface area contributed by atoms with Gasteiger partial charge in [-0.3, -0.25) is 4.79 Å². The van der Waals surface area contributed by atoms with Crippen LogP contribution in [-0.2, 0) is 11.3 Å². The molecule has 1 amide bonds. The van der Waals surface area contributed by atoms with Gasteiger partial charge >= 0.3 is 0 Å². The first-order valence-corrected chi connectivity index (χ1v) is 8.72. The Kier molecular flexibility index (Phi) is 4.19. The maximum atomic E-state index is 12.7. The SMILES string of the molecule is O=C(CCn1cccc1)N1C[C@H]2CC[C@@H]1CN(c1ncccn1)C2. The standard InChI is InChI=1S/C18H23N5O/c24-17(6-11-21-9-1-2-10-21)23-13-15-4-5-16(23)14-22(12-15)18-19-7-3-8-20-18/h1-3,7-10,15-16H,4-6,11-14H2/t15-,16+/m0/s1. The molecule has 2 aromatic heterocycles. The molecule has 3 aliphatic rings. The van der Waals surface area contributed by atoms with Crippen molar-refractivity contribution in [1.82, 2.24) is 19.4 Å². The van der Waals surface area contributed by atoms with E-state index < -0.39 is 0 Å². The maximum Gasteiger partial charge on any atom is 0.225 e. The van der Waals surface area contributed by atoms with Crippen LogP contribution in [0.1, 0.15) is 19.3 Å². The molecule has 3 aliphatic heterocycles. The van der Waals surface area contributed by atoms with Crippen LogP contribution in [0.4, 0.5) is 5.95 Å². The Morgan fingerprint density at radius 3 is 2.62 bits per heavy atom. The predicted molar refractivity (Wildman–Crippen MR) is 91.5 cm³/mol. The molecule has 0 aliphatic carbocycles. The van der Waals surface area contributed by atoms with Crippen molar-refractivity contribution in [2.24, 2.45) is 5.92 Å². The molecule has 3 fully saturated rings. The van der Waals surface area contributed by atoms with E-state index in [1.54, 1.807) is 12.4 Å². The van der Waals surface area contributed by atoms with Crippen molar-refractivity contribution < 1.29 is 4.79 Å². The molecule has 0 saturated carbocycles. The number of hydrogen-bond acceptors (Lipinski definition) is 4. The molecule has 6 heteroatoms. The van der Waals surface area contributed by atoms with Crippen LogP contribution in [0.2, 0.25) is 0 Å². The number of carbonyl (C=O) groups excluding carboxylic acids is 1. The molecule has 5 rings (SSSR count). The topological polar surface area (TPSA) is 54.3 Å². The van der Waals surface area contributed by atoms with E-state index in [0.29, 0.717) is 12.3 Å². The first-order valence-electron chi connectivity index (χ1n) is 8.72. The van der Waals surface area contributed by atoms with Gasteiger partial charge in [0.25, 0.3) is 0 Å². The summed E-state index contributed by atoms with van der Waals surface area (Å²) in [5.74, 6) is 1.58. The third-order valence-electron chi connectivity index (χ3n) is 5.12. The van der Waals surface area contributed by atoms with E-state index in [9.17, 15) is 4.79 Å². The maximum absolute atomic E-state index is 12.7. The molecule has 126 valence electrons. The molecule has 0 N–H and O–H groups in total. The number of piperidine rings is 1. The van der Waals surface area contributed by atoms with Crippen LogP contribution in [0, 0.1) is 5.92 Å². The molecule has 0 spiro atoms. The van der Waals surface area contributed by atoms with E-state index in [-0.39, 0.29) is 11.9 Å². The van der Waals surface area contributed by atoms with Crippen molar-refractivity contribution in [3.63, 3.8) is 0 Å². The quantitative estimate of drug-likeness (QED) is 0.860. The van der Waals surface area contributed by atoms with Crippen molar-refractivity contribution in [3.05, 3.63) is 43.0 Å². The van der Waals surface area contributed by atoms with Gasteiger partial charge in [-0.1, -0.05) is 0 Å². The second-order valence-electron chi connectivity index (χ2n) is 6.77. The van der Waals surface area contributed by atoms with Crippen molar-refractivity contribution in [2.75, 3.05) is 24.5 Å². The van der Waals surface area contributed by atoms with Gasteiger partial charge in [0.05, 0.1) is 0 Å². The van der Waals surface area contributed by atoms with Gasteiger partial charge in [0.15, 0.2) is 0 Å². The number of fused-ring (bicyclic) bond motifs is 4. The Balaban J connectivity index is 1.43. The summed E-state index contributed by atoms with van der Waals surface area (Å²) in [5.41, 5.74) is 0. The molecule has 0 aromatic carbocycles. The number of carbonyl (C=O) groups is 1. The fraction of sp³-hybridized carbons (Fsp3) is 0.500. The average Bonchev–Trinajstić information content (AvgIpc) is 2.98. The zero-order valence-corrected chi connectivity index (χ0v) is 13.8. The number of rotatable bonds is 4. The summed E-state index contributed by atoms with van der Waals surface area (Å²) in [6.07, 6.45) is 10.4. The molecule has 2 bridgehead atoms. The number of hydrogen-bond donors (Lipinski definition) is 0. The van der Waals surface area contributed by atoms with Crippen LogP contribution in [0.15, 0.2) is 43.0 Å². The van der Waals surface area contributed by atoms with Crippen LogP contribution < -0.4 is 4.90 Å². The molecule has 3 saturated heterocycles.